The SMILES string of the molecule is CCOP(=O)(OCC)OCc1ccc(OC(=O)c2ccc(C(F)(F)F)cc2Nc2nc3ncc(CNc4ccc(C(=O)NC(CCC(=O)O)C(=O)O)cc4)nc3c(=O)[nH]2)cc1. The average molecular weight is 872 g/mol. The molecular formula is C38H37F3N7O12P. The number of phosphoric ester groups is 1. The Morgan fingerprint density at radius 2 is 1.61 bits per heavy atom. The van der Waals surface area contributed by atoms with E-state index in [9.17, 15) is 46.8 Å². The number of anilines is 3. The first-order valence-corrected chi connectivity index (χ1v) is 19.6. The monoisotopic (exact) mass is 871 g/mol. The van der Waals surface area contributed by atoms with Gasteiger partial charge in [-0.1, -0.05) is 12.1 Å². The predicted octanol–water partition coefficient (Wildman–Crippen LogP) is 6.05. The van der Waals surface area contributed by atoms with Crippen LogP contribution in [0.5, 0.6) is 5.75 Å². The molecule has 0 fully saturated rings. The number of carbonyl (C=O) groups is 4. The first-order valence-electron chi connectivity index (χ1n) is 18.1. The number of aromatic nitrogens is 4. The molecule has 0 aliphatic rings. The number of rotatable bonds is 20. The van der Waals surface area contributed by atoms with Gasteiger partial charge in [-0.3, -0.25) is 32.9 Å². The van der Waals surface area contributed by atoms with Gasteiger partial charge < -0.3 is 30.9 Å². The Hall–Kier alpha value is -6.74. The van der Waals surface area contributed by atoms with Crippen molar-refractivity contribution < 1.29 is 65.4 Å². The molecule has 2 heterocycles. The van der Waals surface area contributed by atoms with Gasteiger partial charge in [0.05, 0.1) is 55.1 Å². The number of benzene rings is 3. The molecule has 0 aliphatic carbocycles. The fraction of sp³-hybridized carbons (Fsp3) is 0.263. The van der Waals surface area contributed by atoms with Crippen molar-refractivity contribution in [1.82, 2.24) is 25.3 Å². The van der Waals surface area contributed by atoms with Crippen LogP contribution < -0.4 is 26.2 Å². The van der Waals surface area contributed by atoms with Crippen LogP contribution in [0, 0.1) is 0 Å². The number of aromatic amines is 1. The second kappa shape index (κ2) is 20.0. The Morgan fingerprint density at radius 1 is 0.918 bits per heavy atom. The summed E-state index contributed by atoms with van der Waals surface area (Å²) in [5.74, 6) is -4.73. The highest BCUT2D eigenvalue weighted by atomic mass is 31.2. The fourth-order valence-corrected chi connectivity index (χ4v) is 6.49. The maximum Gasteiger partial charge on any atom is 0.475 e. The van der Waals surface area contributed by atoms with Gasteiger partial charge in [0.2, 0.25) is 5.95 Å². The molecule has 0 bridgehead atoms. The number of H-pyrrole nitrogens is 1. The summed E-state index contributed by atoms with van der Waals surface area (Å²) in [7, 11) is -3.80. The summed E-state index contributed by atoms with van der Waals surface area (Å²) in [6.07, 6.45) is -4.27. The van der Waals surface area contributed by atoms with E-state index in [1.54, 1.807) is 13.8 Å². The number of fused-ring (bicyclic) bond motifs is 1. The van der Waals surface area contributed by atoms with Crippen LogP contribution in [-0.2, 0) is 47.1 Å². The van der Waals surface area contributed by atoms with Crippen LogP contribution in [0.2, 0.25) is 0 Å². The van der Waals surface area contributed by atoms with Crippen molar-refractivity contribution in [1.29, 1.82) is 0 Å². The third-order valence-corrected chi connectivity index (χ3v) is 9.85. The van der Waals surface area contributed by atoms with E-state index in [0.717, 1.165) is 6.07 Å². The highest BCUT2D eigenvalue weighted by Gasteiger charge is 2.32. The maximum absolute atomic E-state index is 13.8. The summed E-state index contributed by atoms with van der Waals surface area (Å²) < 4.78 is 74.8. The van der Waals surface area contributed by atoms with Crippen molar-refractivity contribution in [2.75, 3.05) is 23.8 Å². The number of phosphoric acid groups is 1. The van der Waals surface area contributed by atoms with Crippen LogP contribution in [0.3, 0.4) is 0 Å². The van der Waals surface area contributed by atoms with E-state index in [0.29, 0.717) is 23.4 Å². The number of halogens is 3. The number of hydrogen-bond acceptors (Lipinski definition) is 15. The van der Waals surface area contributed by atoms with E-state index in [1.807, 2.05) is 0 Å². The van der Waals surface area contributed by atoms with Crippen molar-refractivity contribution in [2.24, 2.45) is 0 Å². The molecule has 5 rings (SSSR count). The molecule has 23 heteroatoms. The van der Waals surface area contributed by atoms with Crippen LogP contribution in [0.15, 0.2) is 77.7 Å². The number of hydrogen-bond donors (Lipinski definition) is 6. The zero-order valence-electron chi connectivity index (χ0n) is 32.1. The summed E-state index contributed by atoms with van der Waals surface area (Å²) >= 11 is 0. The number of amides is 1. The number of aliphatic carboxylic acids is 2. The zero-order valence-corrected chi connectivity index (χ0v) is 33.0. The molecule has 0 saturated carbocycles. The topological polar surface area (TPSA) is 270 Å². The van der Waals surface area contributed by atoms with E-state index in [2.05, 4.69) is 35.9 Å². The fourth-order valence-electron chi connectivity index (χ4n) is 5.32. The lowest BCUT2D eigenvalue weighted by molar-refractivity contribution is -0.141. The minimum atomic E-state index is -4.81. The highest BCUT2D eigenvalue weighted by Crippen LogP contribution is 2.50. The van der Waals surface area contributed by atoms with Gasteiger partial charge in [-0.15, -0.1) is 0 Å². The number of nitrogens with zero attached hydrogens (tertiary/aromatic N) is 3. The molecule has 322 valence electrons. The third kappa shape index (κ3) is 12.6. The molecule has 61 heavy (non-hydrogen) atoms. The molecule has 0 saturated heterocycles. The normalized spacial score (nSPS) is 12.1. The van der Waals surface area contributed by atoms with Gasteiger partial charge in [-0.25, -0.2) is 24.1 Å². The van der Waals surface area contributed by atoms with Crippen molar-refractivity contribution in [3.8, 4) is 5.75 Å². The molecule has 0 aliphatic heterocycles. The van der Waals surface area contributed by atoms with Crippen molar-refractivity contribution in [3.63, 3.8) is 0 Å². The largest absolute Gasteiger partial charge is 0.481 e. The smallest absolute Gasteiger partial charge is 0.475 e. The van der Waals surface area contributed by atoms with Gasteiger partial charge in [-0.05, 0) is 80.4 Å². The summed E-state index contributed by atoms with van der Waals surface area (Å²) in [6.45, 7) is 3.27. The Labute approximate surface area is 343 Å². The van der Waals surface area contributed by atoms with Crippen LogP contribution in [-0.4, -0.2) is 73.2 Å². The van der Waals surface area contributed by atoms with Gasteiger partial charge in [0.15, 0.2) is 11.2 Å². The lowest BCUT2D eigenvalue weighted by Crippen LogP contribution is -2.41. The van der Waals surface area contributed by atoms with Gasteiger partial charge in [0.25, 0.3) is 11.5 Å². The molecule has 1 amide bonds. The number of carbonyl (C=O) groups excluding carboxylic acids is 2. The Bertz CT molecular complexity index is 2490. The van der Waals surface area contributed by atoms with Crippen molar-refractivity contribution in [3.05, 3.63) is 111 Å². The summed E-state index contributed by atoms with van der Waals surface area (Å²) in [5, 5.41) is 26.0. The number of carboxylic acids is 2. The van der Waals surface area contributed by atoms with Crippen LogP contribution in [0.4, 0.5) is 30.5 Å². The summed E-state index contributed by atoms with van der Waals surface area (Å²) in [4.78, 5) is 76.1. The van der Waals surface area contributed by atoms with E-state index in [1.165, 1.54) is 54.7 Å². The lowest BCUT2D eigenvalue weighted by Gasteiger charge is -2.16. The molecule has 0 spiro atoms. The van der Waals surface area contributed by atoms with Gasteiger partial charge in [-0.2, -0.15) is 18.2 Å². The lowest BCUT2D eigenvalue weighted by atomic mass is 10.1. The van der Waals surface area contributed by atoms with E-state index < -0.39 is 67.1 Å². The van der Waals surface area contributed by atoms with Gasteiger partial charge in [0, 0.05) is 17.7 Å². The van der Waals surface area contributed by atoms with Crippen LogP contribution in [0.1, 0.15) is 64.2 Å². The maximum atomic E-state index is 13.8. The van der Waals surface area contributed by atoms with Crippen molar-refractivity contribution >= 4 is 60.1 Å². The highest BCUT2D eigenvalue weighted by molar-refractivity contribution is 7.48. The molecule has 1 atom stereocenters. The number of esters is 1. The third-order valence-electron chi connectivity index (χ3n) is 8.26. The van der Waals surface area contributed by atoms with Gasteiger partial charge in [0.1, 0.15) is 11.8 Å². The molecule has 0 radical (unpaired) electrons. The standard InChI is InChI=1S/C38H37F3N7O12P/c1-3-57-61(56,58-4-2)59-20-21-5-12-26(13-6-21)60-36(55)27-14-9-23(38(39,40)41)17-29(27)46-37-47-32-31(34(52)48-37)44-25(19-43-32)18-42-24-10-7-22(8-11-24)33(51)45-28(35(53)54)15-16-30(49)50/h5-14,17,19,28,42H,3-4,15-16,18,20H2,1-2H3,(H,45,51)(H,49,50)(H,53,54)(H2,43,46,47,48,52). The minimum Gasteiger partial charge on any atom is -0.481 e. The molecular weight excluding hydrogens is 834 g/mol. The van der Waals surface area contributed by atoms with Gasteiger partial charge >= 0.3 is 31.9 Å². The van der Waals surface area contributed by atoms with Crippen molar-refractivity contribution in [2.45, 2.75) is 52.1 Å². The first kappa shape index (κ1) is 45.3. The molecule has 2 aromatic heterocycles. The second-order valence-corrected chi connectivity index (χ2v) is 14.3. The van der Waals surface area contributed by atoms with Crippen LogP contribution in [0.25, 0.3) is 11.2 Å². The number of nitrogens with one attached hydrogen (secondary N) is 4. The molecule has 5 aromatic rings. The number of alkyl halides is 3. The van der Waals surface area contributed by atoms with E-state index in [-0.39, 0.29) is 72.5 Å². The number of carboxylic acid groups (broad SMARTS) is 2. The number of ether oxygens (including phenoxy) is 1. The van der Waals surface area contributed by atoms with Crippen LogP contribution >= 0.6 is 7.82 Å². The van der Waals surface area contributed by atoms with E-state index in [4.69, 9.17) is 23.4 Å². The Kier molecular flexibility index (Phi) is 14.9. The Morgan fingerprint density at radius 3 is 2.23 bits per heavy atom. The zero-order chi connectivity index (χ0) is 44.3. The first-order chi connectivity index (χ1) is 29.0. The molecule has 6 N–H and O–H groups in total. The van der Waals surface area contributed by atoms with E-state index >= 15 is 0 Å². The predicted molar refractivity (Wildman–Crippen MR) is 209 cm³/mol. The summed E-state index contributed by atoms with van der Waals surface area (Å²) in [5.41, 5.74) is -1.72. The Balaban J connectivity index is 1.26. The quantitative estimate of drug-likeness (QED) is 0.0295. The second-order valence-electron chi connectivity index (χ2n) is 12.6. The molecule has 19 nitrogen and oxygen atoms in total. The molecule has 3 aromatic carbocycles. The molecule has 1 unspecified atom stereocenters. The summed E-state index contributed by atoms with van der Waals surface area (Å²) in [6, 6.07) is 12.4. The average Bonchev–Trinajstić information content (AvgIpc) is 3.21. The minimum absolute atomic E-state index is 0.0111.